The molecule has 1 aliphatic heterocycles. The molecule has 0 spiro atoms. The molecule has 0 amide bonds. The van der Waals surface area contributed by atoms with E-state index in [9.17, 15) is 0 Å². The van der Waals surface area contributed by atoms with E-state index >= 15 is 0 Å². The third-order valence-corrected chi connectivity index (χ3v) is 6.18. The normalized spacial score (nSPS) is 16.6. The van der Waals surface area contributed by atoms with Crippen LogP contribution < -0.4 is 4.90 Å². The lowest BCUT2D eigenvalue weighted by molar-refractivity contribution is 0.109. The van der Waals surface area contributed by atoms with Crippen molar-refractivity contribution >= 4 is 22.8 Å². The second-order valence-electron chi connectivity index (χ2n) is 7.54. The molecule has 0 bridgehead atoms. The second kappa shape index (κ2) is 8.69. The van der Waals surface area contributed by atoms with Gasteiger partial charge >= 0.3 is 0 Å². The van der Waals surface area contributed by atoms with E-state index < -0.39 is 0 Å². The number of anilines is 1. The van der Waals surface area contributed by atoms with Gasteiger partial charge < -0.3 is 14.2 Å². The first-order valence-corrected chi connectivity index (χ1v) is 11.2. The Morgan fingerprint density at radius 3 is 2.94 bits per heavy atom. The van der Waals surface area contributed by atoms with Crippen molar-refractivity contribution in [2.24, 2.45) is 0 Å². The van der Waals surface area contributed by atoms with E-state index in [1.165, 1.54) is 0 Å². The van der Waals surface area contributed by atoms with Crippen molar-refractivity contribution in [2.45, 2.75) is 26.0 Å². The lowest BCUT2D eigenvalue weighted by Gasteiger charge is -2.22. The number of nitrogens with zero attached hydrogens (tertiary/aromatic N) is 8. The molecule has 0 aliphatic carbocycles. The number of rotatable bonds is 6. The molecular formula is C20H24N8O2S. The standard InChI is InChI=1S/C20H24N8O2S/c1-14(29-2)19-21-18(30-25-19)12-26-7-3-8-27(10-9-26)17-5-4-16-22-23-20(28(16)24-17)15-6-11-31-13-15/h4-6,11,13-14H,3,7-10,12H2,1-2H3. The number of ether oxygens (including phenoxy) is 1. The van der Waals surface area contributed by atoms with Gasteiger partial charge in [0.25, 0.3) is 0 Å². The van der Waals surface area contributed by atoms with Crippen LogP contribution in [-0.2, 0) is 11.3 Å². The van der Waals surface area contributed by atoms with Crippen LogP contribution in [0.25, 0.3) is 17.0 Å². The molecule has 4 aromatic heterocycles. The van der Waals surface area contributed by atoms with Crippen LogP contribution in [0.2, 0.25) is 0 Å². The van der Waals surface area contributed by atoms with E-state index in [1.807, 2.05) is 35.0 Å². The predicted octanol–water partition coefficient (Wildman–Crippen LogP) is 2.66. The van der Waals surface area contributed by atoms with Crippen LogP contribution in [-0.4, -0.2) is 68.1 Å². The molecular weight excluding hydrogens is 416 g/mol. The molecule has 1 atom stereocenters. The molecule has 0 radical (unpaired) electrons. The summed E-state index contributed by atoms with van der Waals surface area (Å²) in [6.07, 6.45) is 0.851. The Balaban J connectivity index is 1.28. The summed E-state index contributed by atoms with van der Waals surface area (Å²) in [5.74, 6) is 2.91. The summed E-state index contributed by atoms with van der Waals surface area (Å²) < 4.78 is 12.5. The molecule has 31 heavy (non-hydrogen) atoms. The minimum absolute atomic E-state index is 0.172. The maximum Gasteiger partial charge on any atom is 0.240 e. The smallest absolute Gasteiger partial charge is 0.240 e. The maximum atomic E-state index is 5.41. The quantitative estimate of drug-likeness (QED) is 0.448. The molecule has 1 fully saturated rings. The summed E-state index contributed by atoms with van der Waals surface area (Å²) in [6, 6.07) is 6.04. The van der Waals surface area contributed by atoms with Crippen molar-refractivity contribution in [2.75, 3.05) is 38.2 Å². The summed E-state index contributed by atoms with van der Waals surface area (Å²) in [5.41, 5.74) is 1.78. The minimum atomic E-state index is -0.172. The van der Waals surface area contributed by atoms with Gasteiger partial charge in [0.05, 0.1) is 6.54 Å². The average molecular weight is 441 g/mol. The third-order valence-electron chi connectivity index (χ3n) is 5.50. The van der Waals surface area contributed by atoms with E-state index in [0.717, 1.165) is 55.5 Å². The van der Waals surface area contributed by atoms with E-state index in [-0.39, 0.29) is 6.10 Å². The zero-order valence-corrected chi connectivity index (χ0v) is 18.3. The van der Waals surface area contributed by atoms with Crippen LogP contribution in [0.4, 0.5) is 5.82 Å². The van der Waals surface area contributed by atoms with E-state index in [2.05, 4.69) is 35.5 Å². The zero-order valence-electron chi connectivity index (χ0n) is 17.5. The van der Waals surface area contributed by atoms with Crippen molar-refractivity contribution in [1.82, 2.24) is 34.9 Å². The highest BCUT2D eigenvalue weighted by atomic mass is 32.1. The lowest BCUT2D eigenvalue weighted by atomic mass is 10.3. The van der Waals surface area contributed by atoms with E-state index in [0.29, 0.717) is 18.3 Å². The molecule has 4 aromatic rings. The first-order valence-electron chi connectivity index (χ1n) is 10.3. The highest BCUT2D eigenvalue weighted by Gasteiger charge is 2.20. The van der Waals surface area contributed by atoms with Gasteiger partial charge in [-0.3, -0.25) is 4.90 Å². The van der Waals surface area contributed by atoms with Gasteiger partial charge in [0.2, 0.25) is 5.89 Å². The number of thiophene rings is 1. The van der Waals surface area contributed by atoms with Crippen molar-refractivity contribution in [3.63, 3.8) is 0 Å². The highest BCUT2D eigenvalue weighted by molar-refractivity contribution is 7.08. The van der Waals surface area contributed by atoms with Crippen molar-refractivity contribution in [1.29, 1.82) is 0 Å². The third kappa shape index (κ3) is 4.16. The molecule has 10 nitrogen and oxygen atoms in total. The van der Waals surface area contributed by atoms with E-state index in [1.54, 1.807) is 18.4 Å². The van der Waals surface area contributed by atoms with Crippen LogP contribution in [0, 0.1) is 0 Å². The molecule has 5 rings (SSSR count). The molecule has 1 unspecified atom stereocenters. The monoisotopic (exact) mass is 440 g/mol. The number of aromatic nitrogens is 6. The Morgan fingerprint density at radius 1 is 1.16 bits per heavy atom. The maximum absolute atomic E-state index is 5.41. The fourth-order valence-corrected chi connectivity index (χ4v) is 4.31. The van der Waals surface area contributed by atoms with Crippen molar-refractivity contribution in [3.8, 4) is 11.4 Å². The molecule has 0 N–H and O–H groups in total. The van der Waals surface area contributed by atoms with Gasteiger partial charge in [-0.2, -0.15) is 20.8 Å². The fourth-order valence-electron chi connectivity index (χ4n) is 3.67. The van der Waals surface area contributed by atoms with Crippen LogP contribution in [0.5, 0.6) is 0 Å². The van der Waals surface area contributed by atoms with Gasteiger partial charge in [-0.15, -0.1) is 15.3 Å². The number of methoxy groups -OCH3 is 1. The fraction of sp³-hybridized carbons (Fsp3) is 0.450. The van der Waals surface area contributed by atoms with Crippen LogP contribution in [0.1, 0.15) is 31.2 Å². The van der Waals surface area contributed by atoms with Crippen molar-refractivity contribution in [3.05, 3.63) is 40.7 Å². The Labute approximate surface area is 183 Å². The van der Waals surface area contributed by atoms with Crippen LogP contribution >= 0.6 is 11.3 Å². The molecule has 162 valence electrons. The summed E-state index contributed by atoms with van der Waals surface area (Å²) in [7, 11) is 1.64. The average Bonchev–Trinajstić information content (AvgIpc) is 3.52. The second-order valence-corrected chi connectivity index (χ2v) is 8.32. The van der Waals surface area contributed by atoms with Gasteiger partial charge in [0.1, 0.15) is 11.9 Å². The molecule has 0 saturated carbocycles. The number of hydrogen-bond donors (Lipinski definition) is 0. The molecule has 1 saturated heterocycles. The Morgan fingerprint density at radius 2 is 2.10 bits per heavy atom. The van der Waals surface area contributed by atoms with Gasteiger partial charge in [-0.25, -0.2) is 0 Å². The molecule has 5 heterocycles. The summed E-state index contributed by atoms with van der Waals surface area (Å²) >= 11 is 1.64. The van der Waals surface area contributed by atoms with Crippen LogP contribution in [0.3, 0.4) is 0 Å². The van der Waals surface area contributed by atoms with Gasteiger partial charge in [0.15, 0.2) is 17.3 Å². The minimum Gasteiger partial charge on any atom is -0.374 e. The molecule has 0 aromatic carbocycles. The topological polar surface area (TPSA) is 97.7 Å². The van der Waals surface area contributed by atoms with Gasteiger partial charge in [0, 0.05) is 44.2 Å². The lowest BCUT2D eigenvalue weighted by Crippen LogP contribution is -2.31. The van der Waals surface area contributed by atoms with Crippen LogP contribution in [0.15, 0.2) is 33.5 Å². The largest absolute Gasteiger partial charge is 0.374 e. The predicted molar refractivity (Wildman–Crippen MR) is 116 cm³/mol. The Bertz CT molecular complexity index is 1140. The molecule has 1 aliphatic rings. The summed E-state index contributed by atoms with van der Waals surface area (Å²) in [6.45, 7) is 6.18. The molecule has 11 heteroatoms. The number of fused-ring (bicyclic) bond motifs is 1. The number of hydrogen-bond acceptors (Lipinski definition) is 10. The van der Waals surface area contributed by atoms with Gasteiger partial charge in [-0.1, -0.05) is 5.16 Å². The van der Waals surface area contributed by atoms with Crippen molar-refractivity contribution < 1.29 is 9.26 Å². The van der Waals surface area contributed by atoms with E-state index in [4.69, 9.17) is 14.4 Å². The Kier molecular flexibility index (Phi) is 5.62. The highest BCUT2D eigenvalue weighted by Crippen LogP contribution is 2.22. The SMILES string of the molecule is COC(C)c1noc(CN2CCCN(c3ccc4nnc(-c5ccsc5)n4n3)CC2)n1. The first-order chi connectivity index (χ1) is 15.2. The zero-order chi connectivity index (χ0) is 21.2. The summed E-state index contributed by atoms with van der Waals surface area (Å²) in [5, 5.41) is 21.5. The van der Waals surface area contributed by atoms with Gasteiger partial charge in [-0.05, 0) is 36.9 Å². The Hall–Kier alpha value is -2.89. The first kappa shape index (κ1) is 20.0. The summed E-state index contributed by atoms with van der Waals surface area (Å²) in [4.78, 5) is 9.10.